The highest BCUT2D eigenvalue weighted by atomic mass is 19.1. The summed E-state index contributed by atoms with van der Waals surface area (Å²) in [6, 6.07) is 6.09. The number of nitrogen functional groups attached to an aromatic ring is 1. The van der Waals surface area contributed by atoms with Gasteiger partial charge < -0.3 is 15.6 Å². The molecule has 2 aromatic heterocycles. The van der Waals surface area contributed by atoms with E-state index in [4.69, 9.17) is 10.5 Å². The van der Waals surface area contributed by atoms with Gasteiger partial charge in [-0.05, 0) is 32.5 Å². The Bertz CT molecular complexity index is 1240. The van der Waals surface area contributed by atoms with Gasteiger partial charge in [-0.2, -0.15) is 10.4 Å². The van der Waals surface area contributed by atoms with E-state index in [-0.39, 0.29) is 23.4 Å². The Morgan fingerprint density at radius 1 is 1.35 bits per heavy atom. The second-order valence-electron chi connectivity index (χ2n) is 7.77. The molecule has 9 nitrogen and oxygen atoms in total. The van der Waals surface area contributed by atoms with Gasteiger partial charge in [0.05, 0.1) is 29.2 Å². The van der Waals surface area contributed by atoms with Crippen LogP contribution in [0.25, 0.3) is 11.3 Å². The summed E-state index contributed by atoms with van der Waals surface area (Å²) < 4.78 is 21.8. The predicted molar refractivity (Wildman–Crippen MR) is 108 cm³/mol. The Balaban J connectivity index is 1.79. The molecule has 0 radical (unpaired) electrons. The van der Waals surface area contributed by atoms with E-state index in [1.54, 1.807) is 29.6 Å². The van der Waals surface area contributed by atoms with E-state index in [9.17, 15) is 14.8 Å². The molecule has 0 spiro atoms. The molecule has 3 unspecified atom stereocenters. The Morgan fingerprint density at radius 2 is 2.16 bits per heavy atom. The minimum Gasteiger partial charge on any atom is -0.467 e. The molecule has 0 amide bonds. The predicted octanol–water partition coefficient (Wildman–Crippen LogP) is 2.45. The molecule has 0 saturated carbocycles. The van der Waals surface area contributed by atoms with Gasteiger partial charge in [-0.1, -0.05) is 6.07 Å². The van der Waals surface area contributed by atoms with Crippen LogP contribution in [-0.2, 0) is 6.54 Å². The van der Waals surface area contributed by atoms with Crippen LogP contribution in [0.4, 0.5) is 10.2 Å². The van der Waals surface area contributed by atoms with Gasteiger partial charge in [-0.15, -0.1) is 0 Å². The van der Waals surface area contributed by atoms with E-state index < -0.39 is 18.1 Å². The van der Waals surface area contributed by atoms with Crippen LogP contribution in [0.5, 0.6) is 5.88 Å². The van der Waals surface area contributed by atoms with E-state index >= 15 is 0 Å². The van der Waals surface area contributed by atoms with E-state index in [0.29, 0.717) is 35.3 Å². The SMILES string of the molecule is CC1Oc2nc(cnc2N)-c2c(C#N)nn3c2C(CC3)N(C)C(O)c2ccc(F)cc21. The van der Waals surface area contributed by atoms with Crippen molar-refractivity contribution in [3.63, 3.8) is 0 Å². The Morgan fingerprint density at radius 3 is 2.94 bits per heavy atom. The smallest absolute Gasteiger partial charge is 0.258 e. The van der Waals surface area contributed by atoms with Gasteiger partial charge in [0.15, 0.2) is 11.5 Å². The highest BCUT2D eigenvalue weighted by Crippen LogP contribution is 2.43. The molecule has 158 valence electrons. The van der Waals surface area contributed by atoms with Crippen molar-refractivity contribution in [2.75, 3.05) is 12.8 Å². The number of nitrogens with two attached hydrogens (primary N) is 1. The molecule has 31 heavy (non-hydrogen) atoms. The molecular weight excluding hydrogens is 401 g/mol. The summed E-state index contributed by atoms with van der Waals surface area (Å²) in [5.74, 6) is -0.298. The van der Waals surface area contributed by atoms with Crippen LogP contribution in [0.3, 0.4) is 0 Å². The molecule has 2 bridgehead atoms. The molecule has 1 aromatic carbocycles. The summed E-state index contributed by atoms with van der Waals surface area (Å²) in [7, 11) is 1.79. The van der Waals surface area contributed by atoms with E-state index in [1.807, 2.05) is 0 Å². The number of rotatable bonds is 0. The Labute approximate surface area is 177 Å². The summed E-state index contributed by atoms with van der Waals surface area (Å²) in [6.07, 6.45) is 0.470. The number of ether oxygens (including phenoxy) is 1. The van der Waals surface area contributed by atoms with E-state index in [2.05, 4.69) is 21.1 Å². The van der Waals surface area contributed by atoms with Gasteiger partial charge >= 0.3 is 0 Å². The number of hydrogen-bond donors (Lipinski definition) is 2. The number of benzene rings is 1. The van der Waals surface area contributed by atoms with Crippen molar-refractivity contribution in [1.82, 2.24) is 24.6 Å². The first-order chi connectivity index (χ1) is 14.9. The maximum Gasteiger partial charge on any atom is 0.258 e. The fraction of sp³-hybridized carbons (Fsp3) is 0.333. The lowest BCUT2D eigenvalue weighted by Gasteiger charge is -2.32. The molecule has 2 aliphatic rings. The summed E-state index contributed by atoms with van der Waals surface area (Å²) in [4.78, 5) is 10.5. The molecule has 3 N–H and O–H groups in total. The molecule has 2 aliphatic heterocycles. The maximum absolute atomic E-state index is 14.1. The van der Waals surface area contributed by atoms with Crippen LogP contribution in [0, 0.1) is 17.1 Å². The minimum atomic E-state index is -1.03. The lowest BCUT2D eigenvalue weighted by molar-refractivity contribution is -0.0105. The number of halogens is 1. The second-order valence-corrected chi connectivity index (χ2v) is 7.77. The summed E-state index contributed by atoms with van der Waals surface area (Å²) in [5, 5.41) is 25.4. The van der Waals surface area contributed by atoms with Crippen LogP contribution in [0.1, 0.15) is 54.2 Å². The third kappa shape index (κ3) is 2.93. The number of aliphatic hydroxyl groups is 1. The van der Waals surface area contributed by atoms with Crippen LogP contribution >= 0.6 is 0 Å². The fourth-order valence-corrected chi connectivity index (χ4v) is 4.43. The van der Waals surface area contributed by atoms with Gasteiger partial charge in [0.1, 0.15) is 24.2 Å². The quantitative estimate of drug-likeness (QED) is 0.567. The molecule has 0 fully saturated rings. The first-order valence-corrected chi connectivity index (χ1v) is 9.88. The standard InChI is InChI=1S/C21H20FN7O2/c1-10-13-7-11(22)3-4-12(13)21(30)28(2)16-5-6-29-18(16)17(14(8-23)27-29)15-9-25-19(24)20(26-15)31-10/h3-4,7,9-10,16,21,30H,5-6H2,1-2H3,(H2,24,25). The van der Waals surface area contributed by atoms with Crippen molar-refractivity contribution < 1.29 is 14.2 Å². The third-order valence-corrected chi connectivity index (χ3v) is 5.98. The maximum atomic E-state index is 14.1. The molecular formula is C21H20FN7O2. The molecule has 5 rings (SSSR count). The average molecular weight is 421 g/mol. The van der Waals surface area contributed by atoms with Crippen molar-refractivity contribution in [2.24, 2.45) is 0 Å². The zero-order valence-electron chi connectivity index (χ0n) is 16.9. The van der Waals surface area contributed by atoms with Crippen molar-refractivity contribution in [3.8, 4) is 23.2 Å². The Hall–Kier alpha value is -3.55. The number of aliphatic hydroxyl groups excluding tert-OH is 1. The first kappa shape index (κ1) is 19.4. The Kier molecular flexibility index (Phi) is 4.39. The lowest BCUT2D eigenvalue weighted by Crippen LogP contribution is -2.30. The molecule has 0 aliphatic carbocycles. The summed E-state index contributed by atoms with van der Waals surface area (Å²) in [5.41, 5.74) is 8.93. The van der Waals surface area contributed by atoms with Gasteiger partial charge in [0, 0.05) is 17.7 Å². The van der Waals surface area contributed by atoms with Crippen molar-refractivity contribution in [3.05, 3.63) is 52.7 Å². The van der Waals surface area contributed by atoms with E-state index in [1.165, 1.54) is 18.3 Å². The monoisotopic (exact) mass is 421 g/mol. The number of hydrogen-bond acceptors (Lipinski definition) is 8. The number of fused-ring (bicyclic) bond motifs is 4. The lowest BCUT2D eigenvalue weighted by atomic mass is 9.98. The van der Waals surface area contributed by atoms with Gasteiger partial charge in [0.25, 0.3) is 5.88 Å². The second kappa shape index (κ2) is 7.01. The number of aromatic nitrogens is 4. The zero-order chi connectivity index (χ0) is 21.9. The molecule has 4 heterocycles. The number of aryl methyl sites for hydroxylation is 1. The molecule has 3 aromatic rings. The normalized spacial score (nSPS) is 22.5. The number of nitriles is 1. The largest absolute Gasteiger partial charge is 0.467 e. The van der Waals surface area contributed by atoms with Crippen molar-refractivity contribution in [1.29, 1.82) is 5.26 Å². The summed E-state index contributed by atoms with van der Waals surface area (Å²) >= 11 is 0. The van der Waals surface area contributed by atoms with Crippen LogP contribution in [0.15, 0.2) is 24.4 Å². The topological polar surface area (TPSA) is 126 Å². The van der Waals surface area contributed by atoms with Gasteiger partial charge in [-0.3, -0.25) is 9.58 Å². The van der Waals surface area contributed by atoms with Crippen LogP contribution in [0.2, 0.25) is 0 Å². The van der Waals surface area contributed by atoms with Crippen LogP contribution in [-0.4, -0.2) is 36.8 Å². The van der Waals surface area contributed by atoms with Gasteiger partial charge in [0.2, 0.25) is 0 Å². The molecule has 3 atom stereocenters. The third-order valence-electron chi connectivity index (χ3n) is 5.98. The zero-order valence-corrected chi connectivity index (χ0v) is 16.9. The number of nitrogens with zero attached hydrogens (tertiary/aromatic N) is 6. The number of anilines is 1. The highest BCUT2D eigenvalue weighted by Gasteiger charge is 2.37. The summed E-state index contributed by atoms with van der Waals surface area (Å²) in [6.45, 7) is 2.31. The average Bonchev–Trinajstić information content (AvgIpc) is 3.32. The fourth-order valence-electron chi connectivity index (χ4n) is 4.43. The van der Waals surface area contributed by atoms with Crippen molar-refractivity contribution >= 4 is 5.82 Å². The molecule has 10 heteroatoms. The van der Waals surface area contributed by atoms with E-state index in [0.717, 1.165) is 5.69 Å². The van der Waals surface area contributed by atoms with Crippen LogP contribution < -0.4 is 10.5 Å². The molecule has 0 saturated heterocycles. The highest BCUT2D eigenvalue weighted by molar-refractivity contribution is 5.70. The van der Waals surface area contributed by atoms with Gasteiger partial charge in [-0.25, -0.2) is 14.4 Å². The first-order valence-electron chi connectivity index (χ1n) is 9.88. The minimum absolute atomic E-state index is 0.0713. The van der Waals surface area contributed by atoms with Crippen molar-refractivity contribution in [2.45, 2.75) is 38.3 Å².